The molecule has 2 rings (SSSR count). The number of nitro benzene ring substituents is 1. The topological polar surface area (TPSA) is 90.7 Å². The number of nitro groups is 1. The van der Waals surface area contributed by atoms with E-state index in [1.165, 1.54) is 25.1 Å². The smallest absolute Gasteiger partial charge is 0.295 e. The number of hydrogen-bond acceptors (Lipinski definition) is 6. The predicted molar refractivity (Wildman–Crippen MR) is 71.6 cm³/mol. The molecule has 0 amide bonds. The monoisotopic (exact) mass is 280 g/mol. The Morgan fingerprint density at radius 3 is 3.00 bits per heavy atom. The van der Waals surface area contributed by atoms with Gasteiger partial charge in [-0.05, 0) is 25.5 Å². The Morgan fingerprint density at radius 1 is 1.60 bits per heavy atom. The number of carbonyl (C=O) groups excluding carboxylic acids is 1. The molecule has 1 fully saturated rings. The summed E-state index contributed by atoms with van der Waals surface area (Å²) in [5.74, 6) is 0.0849. The molecular formula is C13H16N2O5. The van der Waals surface area contributed by atoms with Crippen LogP contribution in [0.4, 0.5) is 11.4 Å². The van der Waals surface area contributed by atoms with Crippen molar-refractivity contribution >= 4 is 17.2 Å². The summed E-state index contributed by atoms with van der Waals surface area (Å²) in [6, 6.07) is 4.24. The van der Waals surface area contributed by atoms with Crippen molar-refractivity contribution in [1.29, 1.82) is 0 Å². The lowest BCUT2D eigenvalue weighted by Gasteiger charge is -2.11. The van der Waals surface area contributed by atoms with Crippen LogP contribution in [-0.2, 0) is 9.57 Å². The van der Waals surface area contributed by atoms with E-state index in [9.17, 15) is 14.9 Å². The first kappa shape index (κ1) is 14.4. The van der Waals surface area contributed by atoms with E-state index in [1.54, 1.807) is 0 Å². The van der Waals surface area contributed by atoms with Crippen molar-refractivity contribution in [1.82, 2.24) is 0 Å². The lowest BCUT2D eigenvalue weighted by atomic mass is 10.1. The minimum atomic E-state index is -0.545. The zero-order valence-corrected chi connectivity index (χ0v) is 11.1. The van der Waals surface area contributed by atoms with Gasteiger partial charge < -0.3 is 4.74 Å². The Bertz CT molecular complexity index is 511. The van der Waals surface area contributed by atoms with Crippen LogP contribution in [0.25, 0.3) is 0 Å². The van der Waals surface area contributed by atoms with Crippen LogP contribution in [0.15, 0.2) is 18.2 Å². The number of benzene rings is 1. The average molecular weight is 280 g/mol. The summed E-state index contributed by atoms with van der Waals surface area (Å²) in [5.41, 5.74) is 2.93. The molecule has 108 valence electrons. The third kappa shape index (κ3) is 3.52. The first-order valence-electron chi connectivity index (χ1n) is 6.33. The predicted octanol–water partition coefficient (Wildman–Crippen LogP) is 2.18. The highest BCUT2D eigenvalue weighted by Crippen LogP contribution is 2.26. The van der Waals surface area contributed by atoms with E-state index in [1.807, 2.05) is 0 Å². The molecular weight excluding hydrogens is 264 g/mol. The van der Waals surface area contributed by atoms with Crippen molar-refractivity contribution in [2.24, 2.45) is 5.92 Å². The summed E-state index contributed by atoms with van der Waals surface area (Å²) >= 11 is 0. The van der Waals surface area contributed by atoms with Gasteiger partial charge in [0.25, 0.3) is 5.69 Å². The Kier molecular flexibility index (Phi) is 4.65. The van der Waals surface area contributed by atoms with E-state index in [4.69, 9.17) is 9.57 Å². The lowest BCUT2D eigenvalue weighted by Crippen LogP contribution is -2.13. The number of Topliss-reactive ketones (excluding diaryl/α,β-unsaturated/α-hetero) is 1. The van der Waals surface area contributed by atoms with Crippen LogP contribution >= 0.6 is 0 Å². The zero-order valence-electron chi connectivity index (χ0n) is 11.1. The Labute approximate surface area is 116 Å². The van der Waals surface area contributed by atoms with Gasteiger partial charge in [-0.25, -0.2) is 0 Å². The third-order valence-corrected chi connectivity index (χ3v) is 3.13. The molecule has 0 aliphatic carbocycles. The summed E-state index contributed by atoms with van der Waals surface area (Å²) in [7, 11) is 0. The number of ether oxygens (including phenoxy) is 1. The lowest BCUT2D eigenvalue weighted by molar-refractivity contribution is -0.384. The molecule has 1 N–H and O–H groups in total. The van der Waals surface area contributed by atoms with Crippen LogP contribution in [0.1, 0.15) is 23.7 Å². The molecule has 1 aromatic carbocycles. The van der Waals surface area contributed by atoms with Crippen LogP contribution < -0.4 is 5.48 Å². The van der Waals surface area contributed by atoms with Crippen molar-refractivity contribution < 1.29 is 19.3 Å². The standard InChI is InChI=1S/C13H16N2O5/c1-9(16)11-2-3-12(13(6-11)15(17)18)14-20-8-10-4-5-19-7-10/h2-3,6,10,14H,4-5,7-8H2,1H3. The third-order valence-electron chi connectivity index (χ3n) is 3.13. The van der Waals surface area contributed by atoms with Crippen molar-refractivity contribution in [2.75, 3.05) is 25.3 Å². The van der Waals surface area contributed by atoms with E-state index in [0.29, 0.717) is 24.7 Å². The number of rotatable bonds is 6. The highest BCUT2D eigenvalue weighted by Gasteiger charge is 2.18. The van der Waals surface area contributed by atoms with Crippen LogP contribution in [0, 0.1) is 16.0 Å². The number of carbonyl (C=O) groups is 1. The fraction of sp³-hybridized carbons (Fsp3) is 0.462. The van der Waals surface area contributed by atoms with Gasteiger partial charge in [0.2, 0.25) is 0 Å². The van der Waals surface area contributed by atoms with E-state index in [0.717, 1.165) is 13.0 Å². The van der Waals surface area contributed by atoms with E-state index < -0.39 is 4.92 Å². The van der Waals surface area contributed by atoms with Crippen molar-refractivity contribution in [3.63, 3.8) is 0 Å². The normalized spacial score (nSPS) is 17.9. The van der Waals surface area contributed by atoms with Gasteiger partial charge in [-0.15, -0.1) is 0 Å². The van der Waals surface area contributed by atoms with Crippen molar-refractivity contribution in [3.8, 4) is 0 Å². The first-order valence-corrected chi connectivity index (χ1v) is 6.33. The van der Waals surface area contributed by atoms with Gasteiger partial charge in [-0.3, -0.25) is 25.2 Å². The summed E-state index contributed by atoms with van der Waals surface area (Å²) in [4.78, 5) is 27.0. The fourth-order valence-corrected chi connectivity index (χ4v) is 1.94. The molecule has 20 heavy (non-hydrogen) atoms. The molecule has 0 saturated carbocycles. The summed E-state index contributed by atoms with van der Waals surface area (Å²) in [5, 5.41) is 11.0. The zero-order chi connectivity index (χ0) is 14.5. The Hall–Kier alpha value is -1.99. The minimum Gasteiger partial charge on any atom is -0.381 e. The summed E-state index contributed by atoms with van der Waals surface area (Å²) < 4.78 is 5.21. The van der Waals surface area contributed by atoms with Crippen LogP contribution in [0.2, 0.25) is 0 Å². The average Bonchev–Trinajstić information content (AvgIpc) is 2.91. The van der Waals surface area contributed by atoms with Crippen molar-refractivity contribution in [2.45, 2.75) is 13.3 Å². The number of nitrogens with zero attached hydrogens (tertiary/aromatic N) is 1. The minimum absolute atomic E-state index is 0.180. The molecule has 1 aromatic rings. The molecule has 1 saturated heterocycles. The maximum atomic E-state index is 11.2. The number of nitrogens with one attached hydrogen (secondary N) is 1. The molecule has 1 unspecified atom stereocenters. The fourth-order valence-electron chi connectivity index (χ4n) is 1.94. The number of ketones is 1. The largest absolute Gasteiger partial charge is 0.381 e. The van der Waals surface area contributed by atoms with Gasteiger partial charge in [0.1, 0.15) is 5.69 Å². The highest BCUT2D eigenvalue weighted by molar-refractivity contribution is 5.95. The maximum absolute atomic E-state index is 11.2. The molecule has 1 atom stereocenters. The van der Waals surface area contributed by atoms with Crippen LogP contribution in [-0.4, -0.2) is 30.5 Å². The SMILES string of the molecule is CC(=O)c1ccc(NOCC2CCOC2)c([N+](=O)[O-])c1. The second-order valence-corrected chi connectivity index (χ2v) is 4.69. The molecule has 0 spiro atoms. The molecule has 1 heterocycles. The van der Waals surface area contributed by atoms with Crippen molar-refractivity contribution in [3.05, 3.63) is 33.9 Å². The molecule has 0 bridgehead atoms. The van der Waals surface area contributed by atoms with Gasteiger partial charge in [0.05, 0.1) is 18.1 Å². The summed E-state index contributed by atoms with van der Waals surface area (Å²) in [6.45, 7) is 3.16. The van der Waals surface area contributed by atoms with Gasteiger partial charge >= 0.3 is 0 Å². The highest BCUT2D eigenvalue weighted by atomic mass is 16.6. The quantitative estimate of drug-likeness (QED) is 0.488. The van der Waals surface area contributed by atoms with E-state index in [-0.39, 0.29) is 17.2 Å². The van der Waals surface area contributed by atoms with Crippen LogP contribution in [0.3, 0.4) is 0 Å². The van der Waals surface area contributed by atoms with Gasteiger partial charge in [-0.2, -0.15) is 0 Å². The number of anilines is 1. The van der Waals surface area contributed by atoms with Gasteiger partial charge in [-0.1, -0.05) is 0 Å². The Balaban J connectivity index is 2.02. The second-order valence-electron chi connectivity index (χ2n) is 4.69. The van der Waals surface area contributed by atoms with Gasteiger partial charge in [0.15, 0.2) is 5.78 Å². The maximum Gasteiger partial charge on any atom is 0.295 e. The Morgan fingerprint density at radius 2 is 2.40 bits per heavy atom. The molecule has 7 nitrogen and oxygen atoms in total. The van der Waals surface area contributed by atoms with E-state index in [2.05, 4.69) is 5.48 Å². The molecule has 1 aliphatic heterocycles. The van der Waals surface area contributed by atoms with Gasteiger partial charge in [0, 0.05) is 24.2 Å². The molecule has 7 heteroatoms. The van der Waals surface area contributed by atoms with E-state index >= 15 is 0 Å². The van der Waals surface area contributed by atoms with Crippen LogP contribution in [0.5, 0.6) is 0 Å². The second kappa shape index (κ2) is 6.44. The summed E-state index contributed by atoms with van der Waals surface area (Å²) in [6.07, 6.45) is 0.924. The molecule has 0 aromatic heterocycles. The number of hydrogen-bond donors (Lipinski definition) is 1. The first-order chi connectivity index (χ1) is 9.58. The molecule has 1 aliphatic rings. The molecule has 0 radical (unpaired) electrons.